The van der Waals surface area contributed by atoms with Gasteiger partial charge in [-0.3, -0.25) is 4.79 Å². The highest BCUT2D eigenvalue weighted by Crippen LogP contribution is 2.27. The summed E-state index contributed by atoms with van der Waals surface area (Å²) in [6.45, 7) is 0.485. The van der Waals surface area contributed by atoms with Gasteiger partial charge in [-0.15, -0.1) is 0 Å². The number of rotatable bonds is 6. The molecule has 1 amide bonds. The Morgan fingerprint density at radius 3 is 2.59 bits per heavy atom. The number of ether oxygens (including phenoxy) is 1. The van der Waals surface area contributed by atoms with Crippen LogP contribution in [0.3, 0.4) is 0 Å². The summed E-state index contributed by atoms with van der Waals surface area (Å²) in [6.07, 6.45) is 0.314. The third kappa shape index (κ3) is 4.55. The predicted molar refractivity (Wildman–Crippen MR) is 91.2 cm³/mol. The van der Waals surface area contributed by atoms with Gasteiger partial charge in [0.25, 0.3) is 0 Å². The van der Waals surface area contributed by atoms with Crippen molar-refractivity contribution in [2.24, 2.45) is 0 Å². The second kappa shape index (κ2) is 7.92. The van der Waals surface area contributed by atoms with Gasteiger partial charge in [0.2, 0.25) is 5.91 Å². The van der Waals surface area contributed by atoms with Gasteiger partial charge in [0.1, 0.15) is 5.75 Å². The summed E-state index contributed by atoms with van der Waals surface area (Å²) in [5, 5.41) is 6.94. The zero-order chi connectivity index (χ0) is 15.9. The zero-order valence-electron chi connectivity index (χ0n) is 12.0. The maximum Gasteiger partial charge on any atom is 0.226 e. The van der Waals surface area contributed by atoms with E-state index in [9.17, 15) is 4.79 Å². The Bertz CT molecular complexity index is 662. The van der Waals surface area contributed by atoms with Crippen molar-refractivity contribution < 1.29 is 9.53 Å². The van der Waals surface area contributed by atoms with Crippen molar-refractivity contribution >= 4 is 40.5 Å². The molecule has 116 valence electrons. The van der Waals surface area contributed by atoms with Gasteiger partial charge >= 0.3 is 0 Å². The van der Waals surface area contributed by atoms with Gasteiger partial charge in [0.05, 0.1) is 22.8 Å². The minimum Gasteiger partial charge on any atom is -0.495 e. The van der Waals surface area contributed by atoms with Crippen LogP contribution in [-0.4, -0.2) is 19.6 Å². The quantitative estimate of drug-likeness (QED) is 0.818. The minimum absolute atomic E-state index is 0.111. The van der Waals surface area contributed by atoms with Crippen molar-refractivity contribution in [3.8, 4) is 5.75 Å². The molecule has 4 nitrogen and oxygen atoms in total. The molecule has 2 N–H and O–H groups in total. The number of benzene rings is 2. The molecule has 0 radical (unpaired) electrons. The average Bonchev–Trinajstić information content (AvgIpc) is 2.50. The van der Waals surface area contributed by atoms with E-state index in [1.54, 1.807) is 31.4 Å². The van der Waals surface area contributed by atoms with Gasteiger partial charge in [0, 0.05) is 18.7 Å². The van der Waals surface area contributed by atoms with Crippen molar-refractivity contribution in [2.75, 3.05) is 24.3 Å². The van der Waals surface area contributed by atoms with E-state index in [0.717, 1.165) is 5.69 Å². The number of carbonyl (C=O) groups is 1. The first-order valence-corrected chi connectivity index (χ1v) is 7.47. The lowest BCUT2D eigenvalue weighted by Crippen LogP contribution is -2.16. The summed E-state index contributed by atoms with van der Waals surface area (Å²) in [5.41, 5.74) is 1.44. The first kappa shape index (κ1) is 16.5. The number of nitrogens with one attached hydrogen (secondary N) is 2. The topological polar surface area (TPSA) is 50.4 Å². The fourth-order valence-corrected chi connectivity index (χ4v) is 2.31. The van der Waals surface area contributed by atoms with Crippen molar-refractivity contribution in [3.05, 3.63) is 52.5 Å². The first-order valence-electron chi connectivity index (χ1n) is 6.72. The van der Waals surface area contributed by atoms with E-state index in [1.807, 2.05) is 18.2 Å². The van der Waals surface area contributed by atoms with E-state index in [-0.39, 0.29) is 5.91 Å². The number of carbonyl (C=O) groups excluding carboxylic acids is 1. The molecule has 0 fully saturated rings. The Morgan fingerprint density at radius 2 is 1.91 bits per heavy atom. The molecule has 2 aromatic rings. The number of hydrogen-bond donors (Lipinski definition) is 2. The third-order valence-corrected chi connectivity index (χ3v) is 3.61. The van der Waals surface area contributed by atoms with Crippen LogP contribution in [0.4, 0.5) is 11.4 Å². The van der Waals surface area contributed by atoms with Gasteiger partial charge in [0.15, 0.2) is 0 Å². The molecule has 0 aliphatic heterocycles. The highest BCUT2D eigenvalue weighted by Gasteiger charge is 2.06. The molecule has 0 bridgehead atoms. The summed E-state index contributed by atoms with van der Waals surface area (Å²) in [6, 6.07) is 12.5. The van der Waals surface area contributed by atoms with Crippen LogP contribution in [0.5, 0.6) is 5.75 Å². The molecular weight excluding hydrogens is 323 g/mol. The fourth-order valence-electron chi connectivity index (χ4n) is 1.87. The highest BCUT2D eigenvalue weighted by atomic mass is 35.5. The van der Waals surface area contributed by atoms with Crippen LogP contribution in [0.1, 0.15) is 6.42 Å². The second-order valence-corrected chi connectivity index (χ2v) is 5.37. The summed E-state index contributed by atoms with van der Waals surface area (Å²) in [5.74, 6) is 0.504. The van der Waals surface area contributed by atoms with E-state index < -0.39 is 0 Å². The lowest BCUT2D eigenvalue weighted by atomic mass is 10.2. The van der Waals surface area contributed by atoms with E-state index in [2.05, 4.69) is 10.6 Å². The Kier molecular flexibility index (Phi) is 5.92. The summed E-state index contributed by atoms with van der Waals surface area (Å²) in [4.78, 5) is 11.9. The molecule has 0 saturated heterocycles. The van der Waals surface area contributed by atoms with Crippen molar-refractivity contribution in [2.45, 2.75) is 6.42 Å². The standard InChI is InChI=1S/C16H16Cl2N2O2/c1-22-15-7-6-11(10-13(15)18)19-9-8-16(21)20-14-5-3-2-4-12(14)17/h2-7,10,19H,8-9H2,1H3,(H,20,21). The third-order valence-electron chi connectivity index (χ3n) is 2.98. The van der Waals surface area contributed by atoms with Crippen LogP contribution < -0.4 is 15.4 Å². The maximum atomic E-state index is 11.9. The van der Waals surface area contributed by atoms with Crippen LogP contribution in [0, 0.1) is 0 Å². The Hall–Kier alpha value is -1.91. The number of halogens is 2. The molecule has 22 heavy (non-hydrogen) atoms. The van der Waals surface area contributed by atoms with Gasteiger partial charge in [-0.2, -0.15) is 0 Å². The normalized spacial score (nSPS) is 10.1. The highest BCUT2D eigenvalue weighted by molar-refractivity contribution is 6.33. The SMILES string of the molecule is COc1ccc(NCCC(=O)Nc2ccccc2Cl)cc1Cl. The monoisotopic (exact) mass is 338 g/mol. The second-order valence-electron chi connectivity index (χ2n) is 4.55. The maximum absolute atomic E-state index is 11.9. The van der Waals surface area contributed by atoms with Crippen LogP contribution in [0.2, 0.25) is 10.0 Å². The van der Waals surface area contributed by atoms with Gasteiger partial charge in [-0.1, -0.05) is 35.3 Å². The lowest BCUT2D eigenvalue weighted by molar-refractivity contribution is -0.115. The van der Waals surface area contributed by atoms with E-state index >= 15 is 0 Å². The van der Waals surface area contributed by atoms with E-state index in [0.29, 0.717) is 34.4 Å². The largest absolute Gasteiger partial charge is 0.495 e. The molecule has 0 saturated carbocycles. The average molecular weight is 339 g/mol. The number of para-hydroxylation sites is 1. The van der Waals surface area contributed by atoms with Gasteiger partial charge in [-0.25, -0.2) is 0 Å². The first-order chi connectivity index (χ1) is 10.6. The van der Waals surface area contributed by atoms with Gasteiger partial charge in [-0.05, 0) is 30.3 Å². The molecule has 0 spiro atoms. The Morgan fingerprint density at radius 1 is 1.14 bits per heavy atom. The summed E-state index contributed by atoms with van der Waals surface area (Å²) >= 11 is 12.0. The molecule has 0 heterocycles. The predicted octanol–water partition coefficient (Wildman–Crippen LogP) is 4.44. The molecule has 6 heteroatoms. The fraction of sp³-hybridized carbons (Fsp3) is 0.188. The molecule has 2 rings (SSSR count). The molecule has 0 atom stereocenters. The van der Waals surface area contributed by atoms with Gasteiger partial charge < -0.3 is 15.4 Å². The number of anilines is 2. The smallest absolute Gasteiger partial charge is 0.226 e. The number of hydrogen-bond acceptors (Lipinski definition) is 3. The summed E-state index contributed by atoms with van der Waals surface area (Å²) < 4.78 is 5.08. The zero-order valence-corrected chi connectivity index (χ0v) is 13.5. The Labute approximate surface area is 139 Å². The molecule has 0 aliphatic rings. The lowest BCUT2D eigenvalue weighted by Gasteiger charge is -2.10. The van der Waals surface area contributed by atoms with E-state index in [4.69, 9.17) is 27.9 Å². The Balaban J connectivity index is 1.82. The van der Waals surface area contributed by atoms with Crippen LogP contribution in [-0.2, 0) is 4.79 Å². The van der Waals surface area contributed by atoms with Crippen LogP contribution in [0.25, 0.3) is 0 Å². The molecule has 0 aromatic heterocycles. The minimum atomic E-state index is -0.111. The summed E-state index contributed by atoms with van der Waals surface area (Å²) in [7, 11) is 1.56. The van der Waals surface area contributed by atoms with Crippen molar-refractivity contribution in [1.82, 2.24) is 0 Å². The van der Waals surface area contributed by atoms with Crippen molar-refractivity contribution in [1.29, 1.82) is 0 Å². The molecule has 0 aliphatic carbocycles. The molecular formula is C16H16Cl2N2O2. The number of amides is 1. The molecule has 2 aromatic carbocycles. The van der Waals surface area contributed by atoms with Crippen LogP contribution in [0.15, 0.2) is 42.5 Å². The molecule has 0 unspecified atom stereocenters. The number of methoxy groups -OCH3 is 1. The van der Waals surface area contributed by atoms with Crippen LogP contribution >= 0.6 is 23.2 Å². The van der Waals surface area contributed by atoms with Crippen molar-refractivity contribution in [3.63, 3.8) is 0 Å². The van der Waals surface area contributed by atoms with E-state index in [1.165, 1.54) is 0 Å².